The molecule has 0 bridgehead atoms. The molecule has 0 saturated heterocycles. The first-order valence-corrected chi connectivity index (χ1v) is 13.5. The molecule has 28 heavy (non-hydrogen) atoms. The van der Waals surface area contributed by atoms with E-state index in [1.165, 1.54) is 44.5 Å². The molecule has 0 fully saturated rings. The Balaban J connectivity index is 1.65. The molecule has 2 atom stereocenters. The van der Waals surface area contributed by atoms with Gasteiger partial charge in [0, 0.05) is 11.5 Å². The van der Waals surface area contributed by atoms with Crippen molar-refractivity contribution in [2.24, 2.45) is 0 Å². The van der Waals surface area contributed by atoms with E-state index in [4.69, 9.17) is 0 Å². The molecule has 0 nitrogen and oxygen atoms in total. The van der Waals surface area contributed by atoms with E-state index in [0.29, 0.717) is 11.5 Å². The van der Waals surface area contributed by atoms with E-state index in [0.717, 1.165) is 0 Å². The van der Waals surface area contributed by atoms with Gasteiger partial charge in [0.25, 0.3) is 0 Å². The summed E-state index contributed by atoms with van der Waals surface area (Å²) in [6.45, 7) is 12.2. The van der Waals surface area contributed by atoms with Crippen molar-refractivity contribution in [2.45, 2.75) is 45.3 Å². The third-order valence-corrected chi connectivity index (χ3v) is 11.2. The van der Waals surface area contributed by atoms with Crippen LogP contribution in [0.4, 0.5) is 0 Å². The Morgan fingerprint density at radius 1 is 0.750 bits per heavy atom. The lowest BCUT2D eigenvalue weighted by molar-refractivity contribution is 0.900. The average Bonchev–Trinajstić information content (AvgIpc) is 3.18. The fraction of sp³-hybridized carbons (Fsp3) is 0.259. The van der Waals surface area contributed by atoms with Crippen LogP contribution in [0.5, 0.6) is 0 Å². The van der Waals surface area contributed by atoms with Gasteiger partial charge in [-0.05, 0) is 58.5 Å². The highest BCUT2D eigenvalue weighted by Crippen LogP contribution is 2.53. The SMILES string of the molecule is CC1=Cc2ccccc2C1[Si](C)(C)C1=C(C)C=C2C1=Cc1ccccc1[C@H]2C. The Labute approximate surface area is 170 Å². The summed E-state index contributed by atoms with van der Waals surface area (Å²) < 4.78 is 0. The van der Waals surface area contributed by atoms with E-state index in [2.05, 4.69) is 101 Å². The lowest BCUT2D eigenvalue weighted by Crippen LogP contribution is -2.39. The Kier molecular flexibility index (Phi) is 3.83. The zero-order valence-electron chi connectivity index (χ0n) is 17.5. The summed E-state index contributed by atoms with van der Waals surface area (Å²) in [7, 11) is -1.78. The predicted molar refractivity (Wildman–Crippen MR) is 124 cm³/mol. The molecule has 0 spiro atoms. The summed E-state index contributed by atoms with van der Waals surface area (Å²) in [5, 5.41) is 1.67. The van der Waals surface area contributed by atoms with Crippen LogP contribution in [0, 0.1) is 0 Å². The first-order valence-electron chi connectivity index (χ1n) is 10.4. The van der Waals surface area contributed by atoms with Gasteiger partial charge in [-0.25, -0.2) is 0 Å². The molecule has 1 heteroatoms. The molecule has 5 rings (SSSR count). The molecule has 140 valence electrons. The average molecular weight is 381 g/mol. The van der Waals surface area contributed by atoms with Gasteiger partial charge >= 0.3 is 0 Å². The number of hydrogen-bond donors (Lipinski definition) is 0. The zero-order valence-corrected chi connectivity index (χ0v) is 18.5. The third-order valence-electron chi connectivity index (χ3n) is 7.09. The monoisotopic (exact) mass is 380 g/mol. The maximum absolute atomic E-state index is 2.58. The van der Waals surface area contributed by atoms with Crippen LogP contribution in [-0.4, -0.2) is 8.07 Å². The van der Waals surface area contributed by atoms with Gasteiger partial charge in [-0.2, -0.15) is 0 Å². The summed E-state index contributed by atoms with van der Waals surface area (Å²) in [6.07, 6.45) is 7.37. The summed E-state index contributed by atoms with van der Waals surface area (Å²) in [4.78, 5) is 0. The Hall–Kier alpha value is -2.38. The highest BCUT2D eigenvalue weighted by atomic mass is 28.3. The fourth-order valence-electron chi connectivity index (χ4n) is 6.05. The van der Waals surface area contributed by atoms with Crippen LogP contribution in [0.25, 0.3) is 12.2 Å². The second-order valence-corrected chi connectivity index (χ2v) is 13.8. The minimum Gasteiger partial charge on any atom is -0.0676 e. The van der Waals surface area contributed by atoms with Crippen molar-refractivity contribution >= 4 is 20.2 Å². The Bertz CT molecular complexity index is 1120. The zero-order chi connectivity index (χ0) is 19.6. The third kappa shape index (κ3) is 2.36. The lowest BCUT2D eigenvalue weighted by Gasteiger charge is -2.37. The highest BCUT2D eigenvalue weighted by Gasteiger charge is 2.45. The van der Waals surface area contributed by atoms with Crippen LogP contribution < -0.4 is 0 Å². The molecular weight excluding hydrogens is 352 g/mol. The van der Waals surface area contributed by atoms with Crippen molar-refractivity contribution in [3.05, 3.63) is 104 Å². The summed E-state index contributed by atoms with van der Waals surface area (Å²) in [6, 6.07) is 17.9. The van der Waals surface area contributed by atoms with Crippen LogP contribution in [0.15, 0.2) is 82.1 Å². The molecular formula is C27H28Si. The van der Waals surface area contributed by atoms with Crippen molar-refractivity contribution in [3.63, 3.8) is 0 Å². The van der Waals surface area contributed by atoms with E-state index in [1.54, 1.807) is 5.20 Å². The number of allylic oxidation sites excluding steroid dienone is 6. The smallest absolute Gasteiger partial charge is 0.0676 e. The molecule has 0 heterocycles. The predicted octanol–water partition coefficient (Wildman–Crippen LogP) is 7.43. The van der Waals surface area contributed by atoms with Crippen LogP contribution in [0.1, 0.15) is 54.5 Å². The van der Waals surface area contributed by atoms with E-state index in [-0.39, 0.29) is 0 Å². The summed E-state index contributed by atoms with van der Waals surface area (Å²) in [5.74, 6) is 0.473. The van der Waals surface area contributed by atoms with Crippen molar-refractivity contribution in [3.8, 4) is 0 Å². The molecule has 0 N–H and O–H groups in total. The van der Waals surface area contributed by atoms with E-state index < -0.39 is 8.07 Å². The fourth-order valence-corrected chi connectivity index (χ4v) is 10.6. The maximum atomic E-state index is 2.58. The molecule has 0 aromatic heterocycles. The van der Waals surface area contributed by atoms with Gasteiger partial charge in [0.1, 0.15) is 0 Å². The summed E-state index contributed by atoms with van der Waals surface area (Å²) >= 11 is 0. The number of benzene rings is 2. The molecule has 0 amide bonds. The molecule has 2 aromatic rings. The van der Waals surface area contributed by atoms with Crippen molar-refractivity contribution in [2.75, 3.05) is 0 Å². The minimum absolute atomic E-state index is 0.473. The highest BCUT2D eigenvalue weighted by molar-refractivity contribution is 6.87. The van der Waals surface area contributed by atoms with Crippen LogP contribution in [-0.2, 0) is 0 Å². The van der Waals surface area contributed by atoms with Crippen LogP contribution >= 0.6 is 0 Å². The normalized spacial score (nSPS) is 23.0. The van der Waals surface area contributed by atoms with Gasteiger partial charge in [0.2, 0.25) is 0 Å². The molecule has 3 aliphatic carbocycles. The standard InChI is InChI=1S/C27H28Si/c1-17-14-20-10-7-9-13-23(20)26(17)28(4,5)27-18(2)15-24-19(3)22-12-8-6-11-21(22)16-25(24)27/h6-16,19,26H,1-5H3/t19-,26?/m1/s1. The second kappa shape index (κ2) is 6.06. The molecule has 1 unspecified atom stereocenters. The quantitative estimate of drug-likeness (QED) is 0.475. The number of rotatable bonds is 2. The summed E-state index contributed by atoms with van der Waals surface area (Å²) in [5.41, 5.74) is 12.5. The maximum Gasteiger partial charge on any atom is 0.0934 e. The second-order valence-electron chi connectivity index (χ2n) is 9.24. The molecule has 0 saturated carbocycles. The Morgan fingerprint density at radius 2 is 1.36 bits per heavy atom. The van der Waals surface area contributed by atoms with Gasteiger partial charge < -0.3 is 0 Å². The molecule has 0 radical (unpaired) electrons. The number of fused-ring (bicyclic) bond motifs is 3. The first kappa shape index (κ1) is 17.7. The van der Waals surface area contributed by atoms with Gasteiger partial charge in [0.15, 0.2) is 0 Å². The largest absolute Gasteiger partial charge is 0.0934 e. The van der Waals surface area contributed by atoms with E-state index >= 15 is 0 Å². The van der Waals surface area contributed by atoms with Gasteiger partial charge in [-0.15, -0.1) is 0 Å². The lowest BCUT2D eigenvalue weighted by atomic mass is 9.81. The molecule has 0 aliphatic heterocycles. The minimum atomic E-state index is -1.78. The van der Waals surface area contributed by atoms with E-state index in [9.17, 15) is 0 Å². The Morgan fingerprint density at radius 3 is 2.07 bits per heavy atom. The van der Waals surface area contributed by atoms with E-state index in [1.807, 2.05) is 0 Å². The van der Waals surface area contributed by atoms with Crippen molar-refractivity contribution in [1.82, 2.24) is 0 Å². The molecule has 3 aliphatic rings. The van der Waals surface area contributed by atoms with Crippen molar-refractivity contribution in [1.29, 1.82) is 0 Å². The van der Waals surface area contributed by atoms with Crippen LogP contribution in [0.3, 0.4) is 0 Å². The topological polar surface area (TPSA) is 0 Å². The molecule has 2 aromatic carbocycles. The first-order chi connectivity index (χ1) is 13.4. The van der Waals surface area contributed by atoms with Gasteiger partial charge in [0.05, 0.1) is 8.07 Å². The van der Waals surface area contributed by atoms with Gasteiger partial charge in [-0.1, -0.05) is 91.8 Å². The number of hydrogen-bond acceptors (Lipinski definition) is 0. The van der Waals surface area contributed by atoms with Crippen LogP contribution in [0.2, 0.25) is 13.1 Å². The van der Waals surface area contributed by atoms with Gasteiger partial charge in [-0.3, -0.25) is 0 Å². The van der Waals surface area contributed by atoms with Crippen molar-refractivity contribution < 1.29 is 0 Å².